The van der Waals surface area contributed by atoms with E-state index in [4.69, 9.17) is 11.6 Å². The molecule has 0 amide bonds. The van der Waals surface area contributed by atoms with E-state index in [1.54, 1.807) is 38.1 Å². The molecule has 0 aliphatic heterocycles. The minimum atomic E-state index is -0.756. The van der Waals surface area contributed by atoms with E-state index in [2.05, 4.69) is 0 Å². The highest BCUT2D eigenvalue weighted by atomic mass is 35.5. The van der Waals surface area contributed by atoms with Crippen molar-refractivity contribution >= 4 is 17.3 Å². The van der Waals surface area contributed by atoms with Gasteiger partial charge >= 0.3 is 0 Å². The van der Waals surface area contributed by atoms with Gasteiger partial charge in [0.25, 0.3) is 0 Å². The van der Waals surface area contributed by atoms with Gasteiger partial charge in [0.05, 0.1) is 0 Å². The van der Waals surface area contributed by atoms with Gasteiger partial charge in [-0.25, -0.2) is 0 Å². The van der Waals surface area contributed by atoms with Crippen molar-refractivity contribution in [3.63, 3.8) is 0 Å². The van der Waals surface area contributed by atoms with Crippen LogP contribution in [0.2, 0.25) is 5.02 Å². The number of benzene rings is 1. The normalized spacial score (nSPS) is 14.9. The smallest absolute Gasteiger partial charge is 0.126 e. The summed E-state index contributed by atoms with van der Waals surface area (Å²) in [4.78, 5) is 1.46. The summed E-state index contributed by atoms with van der Waals surface area (Å²) in [6, 6.07) is 7.00. The predicted octanol–water partition coefficient (Wildman–Crippen LogP) is 1.82. The van der Waals surface area contributed by atoms with Crippen LogP contribution < -0.4 is 4.90 Å². The van der Waals surface area contributed by atoms with Crippen LogP contribution in [0.15, 0.2) is 24.3 Å². The molecule has 0 saturated carbocycles. The van der Waals surface area contributed by atoms with Crippen LogP contribution in [0.3, 0.4) is 0 Å². The first-order valence-corrected chi connectivity index (χ1v) is 4.80. The Morgan fingerprint density at radius 3 is 2.21 bits per heavy atom. The van der Waals surface area contributed by atoms with Crippen LogP contribution in [0.1, 0.15) is 13.8 Å². The highest BCUT2D eigenvalue weighted by Gasteiger charge is 2.16. The molecule has 2 atom stereocenters. The first kappa shape index (κ1) is 11.3. The van der Waals surface area contributed by atoms with Crippen molar-refractivity contribution in [2.75, 3.05) is 4.90 Å². The lowest BCUT2D eigenvalue weighted by atomic mass is 10.2. The molecule has 1 rings (SSSR count). The Hall–Kier alpha value is -0.770. The van der Waals surface area contributed by atoms with Crippen LogP contribution in [-0.4, -0.2) is 22.7 Å². The molecule has 2 N–H and O–H groups in total. The molecular formula is C10H14ClNO2. The molecule has 0 bridgehead atoms. The van der Waals surface area contributed by atoms with Gasteiger partial charge in [-0.3, -0.25) is 0 Å². The number of hydrogen-bond donors (Lipinski definition) is 2. The summed E-state index contributed by atoms with van der Waals surface area (Å²) >= 11 is 5.81. The van der Waals surface area contributed by atoms with Gasteiger partial charge in [0, 0.05) is 10.7 Å². The Morgan fingerprint density at radius 2 is 1.79 bits per heavy atom. The number of nitrogens with zero attached hydrogens (tertiary/aromatic N) is 1. The summed E-state index contributed by atoms with van der Waals surface area (Å²) in [5, 5.41) is 19.5. The zero-order valence-electron chi connectivity index (χ0n) is 8.18. The van der Waals surface area contributed by atoms with Crippen LogP contribution in [-0.2, 0) is 0 Å². The molecule has 0 fully saturated rings. The summed E-state index contributed by atoms with van der Waals surface area (Å²) in [6.07, 6.45) is -1.51. The number of rotatable bonds is 3. The minimum Gasteiger partial charge on any atom is -0.374 e. The van der Waals surface area contributed by atoms with Gasteiger partial charge in [-0.2, -0.15) is 0 Å². The SMILES string of the molecule is CC(O)N(c1cccc(Cl)c1)C(C)O. The summed E-state index contributed by atoms with van der Waals surface area (Å²) in [7, 11) is 0. The molecule has 0 spiro atoms. The number of hydrogen-bond acceptors (Lipinski definition) is 3. The van der Waals surface area contributed by atoms with Crippen molar-refractivity contribution < 1.29 is 10.2 Å². The lowest BCUT2D eigenvalue weighted by Gasteiger charge is -2.30. The molecule has 4 heteroatoms. The van der Waals surface area contributed by atoms with E-state index >= 15 is 0 Å². The largest absolute Gasteiger partial charge is 0.374 e. The van der Waals surface area contributed by atoms with Crippen LogP contribution in [0.4, 0.5) is 5.69 Å². The quantitative estimate of drug-likeness (QED) is 0.756. The van der Waals surface area contributed by atoms with E-state index < -0.39 is 12.5 Å². The number of aliphatic hydroxyl groups excluding tert-OH is 2. The van der Waals surface area contributed by atoms with E-state index in [0.717, 1.165) is 0 Å². The maximum atomic E-state index is 9.45. The Kier molecular flexibility index (Phi) is 3.75. The van der Waals surface area contributed by atoms with E-state index in [1.165, 1.54) is 4.90 Å². The van der Waals surface area contributed by atoms with Crippen molar-refractivity contribution in [1.82, 2.24) is 0 Å². The van der Waals surface area contributed by atoms with Crippen molar-refractivity contribution in [1.29, 1.82) is 0 Å². The Labute approximate surface area is 88.5 Å². The Bertz CT molecular complexity index is 294. The second-order valence-corrected chi connectivity index (χ2v) is 3.59. The molecule has 3 nitrogen and oxygen atoms in total. The van der Waals surface area contributed by atoms with E-state index in [9.17, 15) is 10.2 Å². The molecule has 0 aliphatic rings. The molecule has 0 radical (unpaired) electrons. The molecule has 78 valence electrons. The molecule has 1 aromatic carbocycles. The molecule has 0 saturated heterocycles. The molecule has 2 unspecified atom stereocenters. The summed E-state index contributed by atoms with van der Waals surface area (Å²) in [5.74, 6) is 0. The van der Waals surface area contributed by atoms with Crippen LogP contribution in [0.5, 0.6) is 0 Å². The number of halogens is 1. The summed E-state index contributed by atoms with van der Waals surface area (Å²) < 4.78 is 0. The number of anilines is 1. The third-order valence-electron chi connectivity index (χ3n) is 1.91. The Morgan fingerprint density at radius 1 is 1.21 bits per heavy atom. The average Bonchev–Trinajstić information content (AvgIpc) is 2.02. The van der Waals surface area contributed by atoms with Gasteiger partial charge in [-0.15, -0.1) is 0 Å². The fraction of sp³-hybridized carbons (Fsp3) is 0.400. The van der Waals surface area contributed by atoms with Crippen molar-refractivity contribution in [2.45, 2.75) is 26.3 Å². The fourth-order valence-electron chi connectivity index (χ4n) is 1.38. The zero-order valence-corrected chi connectivity index (χ0v) is 8.94. The maximum absolute atomic E-state index is 9.45. The highest BCUT2D eigenvalue weighted by Crippen LogP contribution is 2.22. The van der Waals surface area contributed by atoms with Crippen LogP contribution in [0.25, 0.3) is 0 Å². The van der Waals surface area contributed by atoms with E-state index in [0.29, 0.717) is 10.7 Å². The van der Waals surface area contributed by atoms with E-state index in [1.807, 2.05) is 0 Å². The first-order valence-electron chi connectivity index (χ1n) is 4.42. The third-order valence-corrected chi connectivity index (χ3v) is 2.15. The highest BCUT2D eigenvalue weighted by molar-refractivity contribution is 6.30. The second-order valence-electron chi connectivity index (χ2n) is 3.15. The van der Waals surface area contributed by atoms with Gasteiger partial charge in [0.15, 0.2) is 0 Å². The Balaban J connectivity index is 2.99. The van der Waals surface area contributed by atoms with Crippen LogP contribution in [0, 0.1) is 0 Å². The van der Waals surface area contributed by atoms with Gasteiger partial charge in [-0.1, -0.05) is 17.7 Å². The summed E-state index contributed by atoms with van der Waals surface area (Å²) in [5.41, 5.74) is 0.697. The van der Waals surface area contributed by atoms with Crippen molar-refractivity contribution in [2.24, 2.45) is 0 Å². The number of aliphatic hydroxyl groups is 2. The molecular weight excluding hydrogens is 202 g/mol. The van der Waals surface area contributed by atoms with Crippen molar-refractivity contribution in [3.05, 3.63) is 29.3 Å². The van der Waals surface area contributed by atoms with Gasteiger partial charge in [0.1, 0.15) is 12.5 Å². The van der Waals surface area contributed by atoms with Gasteiger partial charge < -0.3 is 15.1 Å². The van der Waals surface area contributed by atoms with E-state index in [-0.39, 0.29) is 0 Å². The molecule has 0 aliphatic carbocycles. The molecule has 0 aromatic heterocycles. The fourth-order valence-corrected chi connectivity index (χ4v) is 1.56. The van der Waals surface area contributed by atoms with Crippen LogP contribution >= 0.6 is 11.6 Å². The molecule has 1 aromatic rings. The van der Waals surface area contributed by atoms with Crippen molar-refractivity contribution in [3.8, 4) is 0 Å². The predicted molar refractivity (Wildman–Crippen MR) is 57.3 cm³/mol. The maximum Gasteiger partial charge on any atom is 0.126 e. The average molecular weight is 216 g/mol. The second kappa shape index (κ2) is 4.64. The summed E-state index contributed by atoms with van der Waals surface area (Å²) in [6.45, 7) is 3.18. The van der Waals surface area contributed by atoms with Gasteiger partial charge in [0.2, 0.25) is 0 Å². The third kappa shape index (κ3) is 2.61. The topological polar surface area (TPSA) is 43.7 Å². The lowest BCUT2D eigenvalue weighted by molar-refractivity contribution is 0.105. The monoisotopic (exact) mass is 215 g/mol. The molecule has 14 heavy (non-hydrogen) atoms. The standard InChI is InChI=1S/C10H14ClNO2/c1-7(13)12(8(2)14)10-5-3-4-9(11)6-10/h3-8,13-14H,1-2H3. The minimum absolute atomic E-state index is 0.578. The zero-order chi connectivity index (χ0) is 10.7. The molecule has 0 heterocycles. The lowest BCUT2D eigenvalue weighted by Crippen LogP contribution is -2.40. The first-order chi connectivity index (χ1) is 6.52. The van der Waals surface area contributed by atoms with Gasteiger partial charge in [-0.05, 0) is 32.0 Å².